The van der Waals surface area contributed by atoms with Crippen molar-refractivity contribution in [3.8, 4) is 0 Å². The highest BCUT2D eigenvalue weighted by Crippen LogP contribution is 2.26. The Bertz CT molecular complexity index is 456. The molecule has 2 rings (SSSR count). The van der Waals surface area contributed by atoms with Crippen LogP contribution in [-0.2, 0) is 0 Å². The van der Waals surface area contributed by atoms with E-state index >= 15 is 0 Å². The molecule has 0 unspecified atom stereocenters. The lowest BCUT2D eigenvalue weighted by Gasteiger charge is -2.09. The van der Waals surface area contributed by atoms with Gasteiger partial charge < -0.3 is 16.2 Å². The van der Waals surface area contributed by atoms with E-state index in [4.69, 9.17) is 10.8 Å². The molecule has 0 fully saturated rings. The third-order valence-corrected chi connectivity index (χ3v) is 2.06. The van der Waals surface area contributed by atoms with Gasteiger partial charge in [0.05, 0.1) is 23.1 Å². The molecule has 0 saturated carbocycles. The van der Waals surface area contributed by atoms with Crippen LogP contribution in [-0.4, -0.2) is 16.8 Å². The van der Waals surface area contributed by atoms with Crippen molar-refractivity contribution < 1.29 is 5.11 Å². The Kier molecular flexibility index (Phi) is 2.20. The van der Waals surface area contributed by atoms with Gasteiger partial charge in [0.25, 0.3) is 0 Å². The number of aliphatic hydroxyl groups excluding tert-OH is 1. The summed E-state index contributed by atoms with van der Waals surface area (Å²) in [5, 5.41) is 12.5. The Hall–Kier alpha value is -1.81. The average Bonchev–Trinajstić information content (AvgIpc) is 2.23. The van der Waals surface area contributed by atoms with E-state index in [2.05, 4.69) is 10.3 Å². The van der Waals surface area contributed by atoms with Gasteiger partial charge in [-0.15, -0.1) is 0 Å². The Morgan fingerprint density at radius 1 is 1.36 bits per heavy atom. The molecule has 0 amide bonds. The Morgan fingerprint density at radius 2 is 2.14 bits per heavy atom. The normalized spacial score (nSPS) is 10.4. The van der Waals surface area contributed by atoms with Crippen molar-refractivity contribution in [1.29, 1.82) is 0 Å². The van der Waals surface area contributed by atoms with Crippen molar-refractivity contribution in [2.45, 2.75) is 0 Å². The van der Waals surface area contributed by atoms with E-state index in [9.17, 15) is 0 Å². The first-order valence-corrected chi connectivity index (χ1v) is 4.31. The zero-order valence-corrected chi connectivity index (χ0v) is 7.57. The first-order chi connectivity index (χ1) is 6.83. The topological polar surface area (TPSA) is 71.2 Å². The van der Waals surface area contributed by atoms with Crippen LogP contribution in [0.15, 0.2) is 30.5 Å². The largest absolute Gasteiger partial charge is 0.396 e. The lowest BCUT2D eigenvalue weighted by Crippen LogP contribution is -2.04. The molecule has 0 atom stereocenters. The van der Waals surface area contributed by atoms with Crippen molar-refractivity contribution >= 4 is 22.3 Å². The number of hydrogen-bond acceptors (Lipinski definition) is 4. The van der Waals surface area contributed by atoms with Gasteiger partial charge in [0.2, 0.25) is 0 Å². The van der Waals surface area contributed by atoms with Gasteiger partial charge in [0, 0.05) is 5.39 Å². The number of aromatic nitrogens is 1. The van der Waals surface area contributed by atoms with Crippen molar-refractivity contribution in [2.75, 3.05) is 17.8 Å². The van der Waals surface area contributed by atoms with Gasteiger partial charge in [-0.25, -0.2) is 0 Å². The molecule has 4 N–H and O–H groups in total. The van der Waals surface area contributed by atoms with Crippen LogP contribution in [0.5, 0.6) is 0 Å². The van der Waals surface area contributed by atoms with Gasteiger partial charge >= 0.3 is 0 Å². The van der Waals surface area contributed by atoms with Gasteiger partial charge in [-0.05, 0) is 6.07 Å². The fourth-order valence-corrected chi connectivity index (χ4v) is 1.43. The highest BCUT2D eigenvalue weighted by atomic mass is 16.3. The number of nitrogens with zero attached hydrogens (tertiary/aromatic N) is 1. The van der Waals surface area contributed by atoms with E-state index in [-0.39, 0.29) is 6.73 Å². The van der Waals surface area contributed by atoms with E-state index in [0.29, 0.717) is 5.69 Å². The maximum absolute atomic E-state index is 8.82. The van der Waals surface area contributed by atoms with Crippen LogP contribution in [0.2, 0.25) is 0 Å². The summed E-state index contributed by atoms with van der Waals surface area (Å²) >= 11 is 0. The highest BCUT2D eigenvalue weighted by Gasteiger charge is 2.04. The maximum Gasteiger partial charge on any atom is 0.113 e. The predicted molar refractivity (Wildman–Crippen MR) is 56.9 cm³/mol. The van der Waals surface area contributed by atoms with Gasteiger partial charge in [0.1, 0.15) is 6.73 Å². The van der Waals surface area contributed by atoms with Crippen LogP contribution in [0.1, 0.15) is 0 Å². The summed E-state index contributed by atoms with van der Waals surface area (Å²) < 4.78 is 0. The van der Waals surface area contributed by atoms with Crippen molar-refractivity contribution in [3.63, 3.8) is 0 Å². The van der Waals surface area contributed by atoms with Gasteiger partial charge in [-0.1, -0.05) is 18.2 Å². The Morgan fingerprint density at radius 3 is 2.93 bits per heavy atom. The fraction of sp³-hybridized carbons (Fsp3) is 0.100. The molecule has 2 aromatic rings. The lowest BCUT2D eigenvalue weighted by atomic mass is 10.1. The van der Waals surface area contributed by atoms with E-state index in [0.717, 1.165) is 16.6 Å². The molecule has 4 nitrogen and oxygen atoms in total. The minimum absolute atomic E-state index is 0.141. The second-order valence-corrected chi connectivity index (χ2v) is 2.94. The highest BCUT2D eigenvalue weighted by molar-refractivity contribution is 5.96. The number of nitrogens with one attached hydrogen (secondary N) is 1. The van der Waals surface area contributed by atoms with Crippen LogP contribution in [0.25, 0.3) is 10.9 Å². The number of pyridine rings is 1. The lowest BCUT2D eigenvalue weighted by molar-refractivity contribution is 0.326. The van der Waals surface area contributed by atoms with Crippen molar-refractivity contribution in [1.82, 2.24) is 4.98 Å². The molecule has 1 aromatic heterocycles. The SMILES string of the molecule is Nc1cnc2ccccc2c1NCO. The molecule has 14 heavy (non-hydrogen) atoms. The van der Waals surface area contributed by atoms with Gasteiger partial charge in [0.15, 0.2) is 0 Å². The summed E-state index contributed by atoms with van der Waals surface area (Å²) in [6, 6.07) is 7.63. The average molecular weight is 189 g/mol. The summed E-state index contributed by atoms with van der Waals surface area (Å²) in [6.07, 6.45) is 1.58. The molecule has 1 heterocycles. The quantitative estimate of drug-likeness (QED) is 0.620. The molecule has 0 saturated heterocycles. The first-order valence-electron chi connectivity index (χ1n) is 4.31. The number of fused-ring (bicyclic) bond motifs is 1. The number of hydrogen-bond donors (Lipinski definition) is 3. The number of nitrogen functional groups attached to an aromatic ring is 1. The number of benzene rings is 1. The Balaban J connectivity index is 2.69. The molecule has 0 bridgehead atoms. The maximum atomic E-state index is 8.82. The monoisotopic (exact) mass is 189 g/mol. The zero-order chi connectivity index (χ0) is 9.97. The van der Waals surface area contributed by atoms with E-state index in [1.54, 1.807) is 6.20 Å². The molecule has 0 aliphatic rings. The molecule has 72 valence electrons. The second-order valence-electron chi connectivity index (χ2n) is 2.94. The first kappa shape index (κ1) is 8.77. The molecule has 0 radical (unpaired) electrons. The fourth-order valence-electron chi connectivity index (χ4n) is 1.43. The van der Waals surface area contributed by atoms with E-state index < -0.39 is 0 Å². The van der Waals surface area contributed by atoms with Gasteiger partial charge in [-0.3, -0.25) is 4.98 Å². The van der Waals surface area contributed by atoms with Crippen molar-refractivity contribution in [3.05, 3.63) is 30.5 Å². The number of nitrogens with two attached hydrogens (primary N) is 1. The van der Waals surface area contributed by atoms with Crippen LogP contribution < -0.4 is 11.1 Å². The molecule has 0 aliphatic heterocycles. The number of rotatable bonds is 2. The molecular weight excluding hydrogens is 178 g/mol. The summed E-state index contributed by atoms with van der Waals surface area (Å²) in [6.45, 7) is -0.141. The second kappa shape index (κ2) is 3.51. The smallest absolute Gasteiger partial charge is 0.113 e. The van der Waals surface area contributed by atoms with Crippen LogP contribution >= 0.6 is 0 Å². The summed E-state index contributed by atoms with van der Waals surface area (Å²) in [4.78, 5) is 4.18. The minimum atomic E-state index is -0.141. The van der Waals surface area contributed by atoms with Crippen LogP contribution in [0.3, 0.4) is 0 Å². The molecule has 0 aliphatic carbocycles. The molecule has 4 heteroatoms. The van der Waals surface area contributed by atoms with Gasteiger partial charge in [-0.2, -0.15) is 0 Å². The Labute approximate surface area is 81.4 Å². The number of anilines is 2. The summed E-state index contributed by atoms with van der Waals surface area (Å²) in [7, 11) is 0. The molecule has 0 spiro atoms. The molecular formula is C10H11N3O. The third kappa shape index (κ3) is 1.36. The van der Waals surface area contributed by atoms with E-state index in [1.165, 1.54) is 0 Å². The number of aliphatic hydroxyl groups is 1. The number of para-hydroxylation sites is 1. The standard InChI is InChI=1S/C10H11N3O/c11-8-5-12-9-4-2-1-3-7(9)10(8)13-6-14/h1-5,14H,6,11H2,(H,12,13). The minimum Gasteiger partial charge on any atom is -0.396 e. The van der Waals surface area contributed by atoms with Crippen LogP contribution in [0.4, 0.5) is 11.4 Å². The summed E-state index contributed by atoms with van der Waals surface area (Å²) in [5.41, 5.74) is 7.87. The third-order valence-electron chi connectivity index (χ3n) is 2.06. The predicted octanol–water partition coefficient (Wildman–Crippen LogP) is 1.18. The van der Waals surface area contributed by atoms with E-state index in [1.807, 2.05) is 24.3 Å². The van der Waals surface area contributed by atoms with Crippen molar-refractivity contribution in [2.24, 2.45) is 0 Å². The zero-order valence-electron chi connectivity index (χ0n) is 7.57. The molecule has 1 aromatic carbocycles. The van der Waals surface area contributed by atoms with Crippen LogP contribution in [0, 0.1) is 0 Å². The summed E-state index contributed by atoms with van der Waals surface area (Å²) in [5.74, 6) is 0.